The van der Waals surface area contributed by atoms with Crippen molar-refractivity contribution in [3.63, 3.8) is 0 Å². The van der Waals surface area contributed by atoms with E-state index < -0.39 is 9.84 Å². The first kappa shape index (κ1) is 19.0. The molecule has 126 valence electrons. The van der Waals surface area contributed by atoms with Crippen molar-refractivity contribution in [2.24, 2.45) is 11.8 Å². The molecule has 1 rings (SSSR count). The highest BCUT2D eigenvalue weighted by atomic mass is 32.2. The molecule has 1 saturated carbocycles. The molecule has 0 amide bonds. The highest BCUT2D eigenvalue weighted by Gasteiger charge is 2.30. The van der Waals surface area contributed by atoms with Gasteiger partial charge in [0.15, 0.2) is 0 Å². The number of nitrogens with one attached hydrogen (secondary N) is 1. The lowest BCUT2D eigenvalue weighted by atomic mass is 9.75. The van der Waals surface area contributed by atoms with E-state index in [1.54, 1.807) is 0 Å². The Kier molecular flexibility index (Phi) is 8.88. The molecular weight excluding hydrogens is 282 g/mol. The van der Waals surface area contributed by atoms with Crippen LogP contribution in [0.5, 0.6) is 0 Å². The smallest absolute Gasteiger partial charge is 0.150 e. The van der Waals surface area contributed by atoms with Crippen molar-refractivity contribution in [3.8, 4) is 0 Å². The number of rotatable bonds is 10. The second-order valence-electron chi connectivity index (χ2n) is 6.73. The van der Waals surface area contributed by atoms with Gasteiger partial charge in [0, 0.05) is 11.8 Å². The molecule has 3 unspecified atom stereocenters. The van der Waals surface area contributed by atoms with E-state index in [-0.39, 0.29) is 0 Å². The second kappa shape index (κ2) is 9.83. The Labute approximate surface area is 132 Å². The summed E-state index contributed by atoms with van der Waals surface area (Å²) in [4.78, 5) is 0. The Hall–Kier alpha value is -0.0900. The molecule has 1 fully saturated rings. The minimum absolute atomic E-state index is 0.352. The van der Waals surface area contributed by atoms with Gasteiger partial charge in [0.2, 0.25) is 0 Å². The third kappa shape index (κ3) is 7.14. The second-order valence-corrected chi connectivity index (χ2v) is 9.03. The Morgan fingerprint density at radius 3 is 2.33 bits per heavy atom. The van der Waals surface area contributed by atoms with E-state index in [2.05, 4.69) is 19.2 Å². The molecule has 1 aliphatic carbocycles. The Morgan fingerprint density at radius 1 is 0.952 bits per heavy atom. The molecule has 0 saturated heterocycles. The monoisotopic (exact) mass is 317 g/mol. The quantitative estimate of drug-likeness (QED) is 0.667. The van der Waals surface area contributed by atoms with E-state index in [1.165, 1.54) is 32.1 Å². The molecule has 4 heteroatoms. The minimum Gasteiger partial charge on any atom is -0.314 e. The molecule has 1 N–H and O–H groups in total. The summed E-state index contributed by atoms with van der Waals surface area (Å²) >= 11 is 0. The molecule has 0 aromatic carbocycles. The van der Waals surface area contributed by atoms with Crippen LogP contribution in [0.15, 0.2) is 0 Å². The van der Waals surface area contributed by atoms with Crippen LogP contribution in [0, 0.1) is 11.8 Å². The summed E-state index contributed by atoms with van der Waals surface area (Å²) in [7, 11) is -2.83. The molecule has 3 atom stereocenters. The SMILES string of the molecule is CCCNC1CCC(CCC)CC1CCS(=O)(=O)CCC. The van der Waals surface area contributed by atoms with Crippen LogP contribution in [0.25, 0.3) is 0 Å². The van der Waals surface area contributed by atoms with Crippen LogP contribution >= 0.6 is 0 Å². The van der Waals surface area contributed by atoms with Crippen LogP contribution in [0.4, 0.5) is 0 Å². The van der Waals surface area contributed by atoms with E-state index in [9.17, 15) is 8.42 Å². The third-order valence-corrected chi connectivity index (χ3v) is 6.65. The van der Waals surface area contributed by atoms with Gasteiger partial charge in [-0.3, -0.25) is 0 Å². The molecule has 0 aliphatic heterocycles. The van der Waals surface area contributed by atoms with Crippen molar-refractivity contribution in [2.75, 3.05) is 18.1 Å². The van der Waals surface area contributed by atoms with Crippen molar-refractivity contribution in [2.45, 2.75) is 78.2 Å². The van der Waals surface area contributed by atoms with Crippen molar-refractivity contribution < 1.29 is 8.42 Å². The largest absolute Gasteiger partial charge is 0.314 e. The van der Waals surface area contributed by atoms with Crippen LogP contribution in [-0.2, 0) is 9.84 Å². The van der Waals surface area contributed by atoms with Gasteiger partial charge >= 0.3 is 0 Å². The topological polar surface area (TPSA) is 46.2 Å². The molecule has 3 nitrogen and oxygen atoms in total. The summed E-state index contributed by atoms with van der Waals surface area (Å²) in [6.45, 7) is 7.45. The van der Waals surface area contributed by atoms with Crippen molar-refractivity contribution in [1.29, 1.82) is 0 Å². The van der Waals surface area contributed by atoms with Crippen LogP contribution in [-0.4, -0.2) is 32.5 Å². The van der Waals surface area contributed by atoms with E-state index in [4.69, 9.17) is 0 Å². The predicted molar refractivity (Wildman–Crippen MR) is 91.4 cm³/mol. The molecule has 0 radical (unpaired) electrons. The fraction of sp³-hybridized carbons (Fsp3) is 1.00. The summed E-state index contributed by atoms with van der Waals surface area (Å²) in [6, 6.07) is 0.537. The maximum atomic E-state index is 12.0. The molecule has 0 spiro atoms. The van der Waals surface area contributed by atoms with E-state index >= 15 is 0 Å². The van der Waals surface area contributed by atoms with Gasteiger partial charge in [-0.1, -0.05) is 33.6 Å². The first-order valence-electron chi connectivity index (χ1n) is 8.96. The minimum atomic E-state index is -2.83. The number of sulfone groups is 1. The molecule has 1 aliphatic rings. The van der Waals surface area contributed by atoms with Crippen LogP contribution < -0.4 is 5.32 Å². The Bertz CT molecular complexity index is 367. The average molecular weight is 318 g/mol. The molecule has 0 aromatic heterocycles. The van der Waals surface area contributed by atoms with Gasteiger partial charge in [0.1, 0.15) is 9.84 Å². The van der Waals surface area contributed by atoms with Crippen LogP contribution in [0.2, 0.25) is 0 Å². The third-order valence-electron chi connectivity index (χ3n) is 4.76. The molecule has 0 aromatic rings. The van der Waals surface area contributed by atoms with Gasteiger partial charge in [-0.15, -0.1) is 0 Å². The lowest BCUT2D eigenvalue weighted by molar-refractivity contribution is 0.191. The lowest BCUT2D eigenvalue weighted by Crippen LogP contribution is -2.41. The molecule has 0 heterocycles. The maximum absolute atomic E-state index is 12.0. The first-order valence-corrected chi connectivity index (χ1v) is 10.8. The molecular formula is C17H35NO2S. The van der Waals surface area contributed by atoms with Crippen LogP contribution in [0.3, 0.4) is 0 Å². The summed E-state index contributed by atoms with van der Waals surface area (Å²) in [5, 5.41) is 3.66. The van der Waals surface area contributed by atoms with Crippen molar-refractivity contribution >= 4 is 9.84 Å². The summed E-state index contributed by atoms with van der Waals surface area (Å²) in [5.41, 5.74) is 0. The zero-order valence-electron chi connectivity index (χ0n) is 14.2. The number of hydrogen-bond acceptors (Lipinski definition) is 3. The Morgan fingerprint density at radius 2 is 1.71 bits per heavy atom. The van der Waals surface area contributed by atoms with Gasteiger partial charge < -0.3 is 5.32 Å². The lowest BCUT2D eigenvalue weighted by Gasteiger charge is -2.37. The summed E-state index contributed by atoms with van der Waals surface area (Å²) < 4.78 is 24.0. The molecule has 21 heavy (non-hydrogen) atoms. The van der Waals surface area contributed by atoms with Gasteiger partial charge in [-0.2, -0.15) is 0 Å². The Balaban J connectivity index is 2.56. The summed E-state index contributed by atoms with van der Waals surface area (Å²) in [6.07, 6.45) is 9.05. The van der Waals surface area contributed by atoms with Crippen LogP contribution in [0.1, 0.15) is 72.1 Å². The highest BCUT2D eigenvalue weighted by molar-refractivity contribution is 7.91. The summed E-state index contributed by atoms with van der Waals surface area (Å²) in [5.74, 6) is 2.10. The van der Waals surface area contributed by atoms with Gasteiger partial charge in [-0.25, -0.2) is 8.42 Å². The van der Waals surface area contributed by atoms with E-state index in [1.807, 2.05) is 6.92 Å². The van der Waals surface area contributed by atoms with E-state index in [0.717, 1.165) is 31.7 Å². The number of hydrogen-bond donors (Lipinski definition) is 1. The van der Waals surface area contributed by atoms with E-state index in [0.29, 0.717) is 23.5 Å². The van der Waals surface area contributed by atoms with Crippen molar-refractivity contribution in [1.82, 2.24) is 5.32 Å². The normalized spacial score (nSPS) is 26.9. The van der Waals surface area contributed by atoms with Crippen molar-refractivity contribution in [3.05, 3.63) is 0 Å². The fourth-order valence-corrected chi connectivity index (χ4v) is 5.18. The zero-order chi connectivity index (χ0) is 15.7. The zero-order valence-corrected chi connectivity index (χ0v) is 15.1. The maximum Gasteiger partial charge on any atom is 0.150 e. The average Bonchev–Trinajstić information content (AvgIpc) is 2.44. The predicted octanol–water partition coefficient (Wildman–Crippen LogP) is 3.79. The molecule has 0 bridgehead atoms. The van der Waals surface area contributed by atoms with Gasteiger partial charge in [-0.05, 0) is 56.9 Å². The van der Waals surface area contributed by atoms with Gasteiger partial charge in [0.05, 0.1) is 5.75 Å². The fourth-order valence-electron chi connectivity index (χ4n) is 3.69. The van der Waals surface area contributed by atoms with Gasteiger partial charge in [0.25, 0.3) is 0 Å². The first-order chi connectivity index (χ1) is 10.0. The highest BCUT2D eigenvalue weighted by Crippen LogP contribution is 2.34. The standard InChI is InChI=1S/C17H35NO2S/c1-4-7-15-8-9-17(18-11-5-2)16(14-15)10-13-21(19,20)12-6-3/h15-18H,4-14H2,1-3H3.